The molecule has 0 bridgehead atoms. The number of nitrogens with two attached hydrogens (primary N) is 1. The van der Waals surface area contributed by atoms with E-state index in [1.807, 2.05) is 42.7 Å². The van der Waals surface area contributed by atoms with Crippen LogP contribution in [-0.4, -0.2) is 20.0 Å². The van der Waals surface area contributed by atoms with Gasteiger partial charge in [0.25, 0.3) is 5.91 Å². The number of amides is 1. The number of anilines is 2. The zero-order valence-corrected chi connectivity index (χ0v) is 13.4. The largest absolute Gasteiger partial charge is 0.397 e. The number of rotatable bonds is 3. The Labute approximate surface area is 134 Å². The van der Waals surface area contributed by atoms with Crippen molar-refractivity contribution in [3.8, 4) is 5.69 Å². The second kappa shape index (κ2) is 5.64. The highest BCUT2D eigenvalue weighted by Crippen LogP contribution is 2.18. The molecule has 6 nitrogen and oxygen atoms in total. The number of nitrogens with zero attached hydrogens (tertiary/aromatic N) is 3. The average molecular weight is 309 g/mol. The Morgan fingerprint density at radius 3 is 2.43 bits per heavy atom. The molecule has 1 amide bonds. The van der Waals surface area contributed by atoms with Crippen molar-refractivity contribution >= 4 is 17.3 Å². The Balaban J connectivity index is 1.79. The molecule has 0 atom stereocenters. The first-order valence-electron chi connectivity index (χ1n) is 7.30. The minimum Gasteiger partial charge on any atom is -0.397 e. The summed E-state index contributed by atoms with van der Waals surface area (Å²) in [7, 11) is 1.79. The lowest BCUT2D eigenvalue weighted by Crippen LogP contribution is -2.15. The number of nitrogens with one attached hydrogen (secondary N) is 1. The van der Waals surface area contributed by atoms with E-state index in [0.717, 1.165) is 22.8 Å². The second-order valence-electron chi connectivity index (χ2n) is 5.56. The van der Waals surface area contributed by atoms with E-state index in [2.05, 4.69) is 10.3 Å². The standard InChI is InChI=1S/C17H19N5O/c1-11-12(2)22(10-19-11)15-6-4-14(5-7-15)20-17(23)16-8-13(18)9-21(16)3/h4-10H,18H2,1-3H3,(H,20,23). The van der Waals surface area contributed by atoms with Crippen molar-refractivity contribution in [3.63, 3.8) is 0 Å². The van der Waals surface area contributed by atoms with Crippen LogP contribution < -0.4 is 11.1 Å². The van der Waals surface area contributed by atoms with E-state index < -0.39 is 0 Å². The highest BCUT2D eigenvalue weighted by Gasteiger charge is 2.11. The Bertz CT molecular complexity index is 858. The van der Waals surface area contributed by atoms with Gasteiger partial charge >= 0.3 is 0 Å². The molecule has 0 aliphatic heterocycles. The number of hydrogen-bond acceptors (Lipinski definition) is 3. The van der Waals surface area contributed by atoms with Gasteiger partial charge in [0.1, 0.15) is 5.69 Å². The number of aromatic nitrogens is 3. The number of carbonyl (C=O) groups is 1. The monoisotopic (exact) mass is 309 g/mol. The van der Waals surface area contributed by atoms with Gasteiger partial charge in [-0.05, 0) is 44.2 Å². The molecule has 0 spiro atoms. The van der Waals surface area contributed by atoms with Crippen LogP contribution in [0.5, 0.6) is 0 Å². The Hall–Kier alpha value is -3.02. The predicted octanol–water partition coefficient (Wildman–Crippen LogP) is 2.66. The van der Waals surface area contributed by atoms with Gasteiger partial charge in [0.2, 0.25) is 0 Å². The maximum atomic E-state index is 12.3. The first-order valence-corrected chi connectivity index (χ1v) is 7.30. The summed E-state index contributed by atoms with van der Waals surface area (Å²) in [5.74, 6) is -0.188. The van der Waals surface area contributed by atoms with Crippen molar-refractivity contribution in [1.82, 2.24) is 14.1 Å². The van der Waals surface area contributed by atoms with Crippen molar-refractivity contribution in [2.24, 2.45) is 7.05 Å². The molecule has 0 saturated heterocycles. The van der Waals surface area contributed by atoms with E-state index >= 15 is 0 Å². The van der Waals surface area contributed by atoms with E-state index in [0.29, 0.717) is 11.4 Å². The summed E-state index contributed by atoms with van der Waals surface area (Å²) in [6.45, 7) is 4.00. The highest BCUT2D eigenvalue weighted by molar-refractivity contribution is 6.03. The fourth-order valence-electron chi connectivity index (χ4n) is 2.48. The molecule has 3 aromatic rings. The third-order valence-electron chi connectivity index (χ3n) is 3.91. The van der Waals surface area contributed by atoms with Crippen LogP contribution >= 0.6 is 0 Å². The molecule has 0 saturated carbocycles. The van der Waals surface area contributed by atoms with Gasteiger partial charge in [-0.25, -0.2) is 4.98 Å². The number of benzene rings is 1. The molecule has 2 aromatic heterocycles. The number of aryl methyl sites for hydroxylation is 2. The molecule has 118 valence electrons. The fraction of sp³-hybridized carbons (Fsp3) is 0.176. The quantitative estimate of drug-likeness (QED) is 0.781. The number of nitrogen functional groups attached to an aromatic ring is 1. The first-order chi connectivity index (χ1) is 11.0. The van der Waals surface area contributed by atoms with Gasteiger partial charge in [-0.2, -0.15) is 0 Å². The van der Waals surface area contributed by atoms with Crippen LogP contribution in [0.1, 0.15) is 21.9 Å². The molecule has 0 unspecified atom stereocenters. The van der Waals surface area contributed by atoms with Gasteiger partial charge in [-0.1, -0.05) is 0 Å². The van der Waals surface area contributed by atoms with E-state index in [1.54, 1.807) is 30.2 Å². The van der Waals surface area contributed by atoms with Gasteiger partial charge in [-0.3, -0.25) is 4.79 Å². The molecular weight excluding hydrogens is 290 g/mol. The SMILES string of the molecule is Cc1ncn(-c2ccc(NC(=O)c3cc(N)cn3C)cc2)c1C. The molecule has 0 aliphatic rings. The predicted molar refractivity (Wildman–Crippen MR) is 90.8 cm³/mol. The van der Waals surface area contributed by atoms with Crippen molar-refractivity contribution in [1.29, 1.82) is 0 Å². The van der Waals surface area contributed by atoms with Gasteiger partial charge in [-0.15, -0.1) is 0 Å². The van der Waals surface area contributed by atoms with Gasteiger partial charge < -0.3 is 20.2 Å². The fourth-order valence-corrected chi connectivity index (χ4v) is 2.48. The molecule has 23 heavy (non-hydrogen) atoms. The normalized spacial score (nSPS) is 10.7. The number of imidazole rings is 1. The lowest BCUT2D eigenvalue weighted by Gasteiger charge is -2.09. The summed E-state index contributed by atoms with van der Waals surface area (Å²) in [5.41, 5.74) is 10.6. The van der Waals surface area contributed by atoms with E-state index in [9.17, 15) is 4.79 Å². The van der Waals surface area contributed by atoms with E-state index in [4.69, 9.17) is 5.73 Å². The van der Waals surface area contributed by atoms with Crippen molar-refractivity contribution in [2.75, 3.05) is 11.1 Å². The number of carbonyl (C=O) groups excluding carboxylic acids is 1. The van der Waals surface area contributed by atoms with Crippen molar-refractivity contribution in [3.05, 3.63) is 59.9 Å². The summed E-state index contributed by atoms with van der Waals surface area (Å²) in [5, 5.41) is 2.87. The summed E-state index contributed by atoms with van der Waals surface area (Å²) < 4.78 is 3.72. The van der Waals surface area contributed by atoms with Gasteiger partial charge in [0.05, 0.1) is 17.7 Å². The van der Waals surface area contributed by atoms with E-state index in [1.165, 1.54) is 0 Å². The average Bonchev–Trinajstić information content (AvgIpc) is 3.03. The van der Waals surface area contributed by atoms with E-state index in [-0.39, 0.29) is 5.91 Å². The Morgan fingerprint density at radius 1 is 1.22 bits per heavy atom. The molecule has 3 rings (SSSR count). The molecule has 0 aliphatic carbocycles. The maximum absolute atomic E-state index is 12.3. The topological polar surface area (TPSA) is 77.9 Å². The molecule has 3 N–H and O–H groups in total. The van der Waals surface area contributed by atoms with Crippen LogP contribution in [0, 0.1) is 13.8 Å². The summed E-state index contributed by atoms with van der Waals surface area (Å²) in [6, 6.07) is 9.29. The third-order valence-corrected chi connectivity index (χ3v) is 3.91. The van der Waals surface area contributed by atoms with Crippen molar-refractivity contribution < 1.29 is 4.79 Å². The summed E-state index contributed by atoms with van der Waals surface area (Å²) in [4.78, 5) is 16.6. The Kier molecular flexibility index (Phi) is 3.65. The van der Waals surface area contributed by atoms with Crippen molar-refractivity contribution in [2.45, 2.75) is 13.8 Å². The molecule has 2 heterocycles. The molecule has 1 aromatic carbocycles. The second-order valence-corrected chi connectivity index (χ2v) is 5.56. The maximum Gasteiger partial charge on any atom is 0.272 e. The molecule has 0 fully saturated rings. The third kappa shape index (κ3) is 2.83. The van der Waals surface area contributed by atoms with Crippen LogP contribution in [0.15, 0.2) is 42.9 Å². The zero-order valence-electron chi connectivity index (χ0n) is 13.4. The smallest absolute Gasteiger partial charge is 0.272 e. The summed E-state index contributed by atoms with van der Waals surface area (Å²) >= 11 is 0. The minimum absolute atomic E-state index is 0.188. The molecular formula is C17H19N5O. The molecule has 0 radical (unpaired) electrons. The first kappa shape index (κ1) is 14.9. The van der Waals surface area contributed by atoms with Crippen LogP contribution in [0.3, 0.4) is 0 Å². The van der Waals surface area contributed by atoms with Gasteiger partial charge in [0.15, 0.2) is 0 Å². The highest BCUT2D eigenvalue weighted by atomic mass is 16.1. The lowest BCUT2D eigenvalue weighted by atomic mass is 10.2. The minimum atomic E-state index is -0.188. The Morgan fingerprint density at radius 2 is 1.91 bits per heavy atom. The van der Waals surface area contributed by atoms with Crippen LogP contribution in [-0.2, 0) is 7.05 Å². The van der Waals surface area contributed by atoms with Gasteiger partial charge in [0, 0.05) is 30.3 Å². The molecule has 6 heteroatoms. The lowest BCUT2D eigenvalue weighted by molar-refractivity contribution is 0.101. The number of hydrogen-bond donors (Lipinski definition) is 2. The summed E-state index contributed by atoms with van der Waals surface area (Å²) in [6.07, 6.45) is 3.51. The van der Waals surface area contributed by atoms with Crippen LogP contribution in [0.4, 0.5) is 11.4 Å². The van der Waals surface area contributed by atoms with Crippen LogP contribution in [0.25, 0.3) is 5.69 Å². The zero-order chi connectivity index (χ0) is 16.6. The van der Waals surface area contributed by atoms with Crippen LogP contribution in [0.2, 0.25) is 0 Å².